The van der Waals surface area contributed by atoms with Gasteiger partial charge in [0.05, 0.1) is 34.8 Å². The van der Waals surface area contributed by atoms with E-state index in [1.54, 1.807) is 35.3 Å². The smallest absolute Gasteiger partial charge is 0.299 e. The van der Waals surface area contributed by atoms with Crippen LogP contribution < -0.4 is 4.90 Å². The lowest BCUT2D eigenvalue weighted by Gasteiger charge is -2.17. The van der Waals surface area contributed by atoms with Crippen LogP contribution in [0.5, 0.6) is 0 Å². The molecule has 2 heterocycles. The number of carbonyl (C=O) groups excluding carboxylic acids is 2. The number of aryl methyl sites for hydroxylation is 1. The Bertz CT molecular complexity index is 693. The summed E-state index contributed by atoms with van der Waals surface area (Å²) in [4.78, 5) is 29.3. The van der Waals surface area contributed by atoms with Crippen molar-refractivity contribution in [3.05, 3.63) is 47.0 Å². The summed E-state index contributed by atoms with van der Waals surface area (Å²) in [6, 6.07) is 4.95. The number of anilines is 1. The van der Waals surface area contributed by atoms with Crippen LogP contribution in [0.25, 0.3) is 0 Å². The van der Waals surface area contributed by atoms with Gasteiger partial charge in [-0.05, 0) is 12.1 Å². The van der Waals surface area contributed by atoms with Crippen LogP contribution in [0.3, 0.4) is 0 Å². The molecule has 1 aromatic heterocycles. The van der Waals surface area contributed by atoms with Crippen LogP contribution in [-0.4, -0.2) is 21.2 Å². The van der Waals surface area contributed by atoms with Gasteiger partial charge in [0.2, 0.25) is 0 Å². The summed E-state index contributed by atoms with van der Waals surface area (Å²) in [5, 5.41) is 0.402. The van der Waals surface area contributed by atoms with Crippen molar-refractivity contribution in [2.24, 2.45) is 7.05 Å². The lowest BCUT2D eigenvalue weighted by atomic mass is 10.1. The maximum Gasteiger partial charge on any atom is 0.299 e. The van der Waals surface area contributed by atoms with Crippen LogP contribution in [0.15, 0.2) is 30.7 Å². The molecule has 0 aliphatic carbocycles. The van der Waals surface area contributed by atoms with E-state index in [0.717, 1.165) is 5.69 Å². The number of benzene rings is 1. The highest BCUT2D eigenvalue weighted by Crippen LogP contribution is 2.36. The maximum atomic E-state index is 12.0. The standard InChI is InChI=1S/C13H10ClN3O2/c1-16-7-15-5-8(16)6-17-11-9(12(18)13(17)19)3-2-4-10(11)14/h2-5,7H,6H2,1H3. The SMILES string of the molecule is Cn1cncc1CN1C(=O)C(=O)c2cccc(Cl)c21. The molecule has 0 atom stereocenters. The Balaban J connectivity index is 2.07. The summed E-state index contributed by atoms with van der Waals surface area (Å²) < 4.78 is 1.80. The zero-order chi connectivity index (χ0) is 13.6. The predicted octanol–water partition coefficient (Wildman–Crippen LogP) is 1.80. The van der Waals surface area contributed by atoms with Gasteiger partial charge in [0.25, 0.3) is 11.7 Å². The van der Waals surface area contributed by atoms with Gasteiger partial charge in [0.1, 0.15) is 0 Å². The first-order valence-corrected chi connectivity index (χ1v) is 6.07. The van der Waals surface area contributed by atoms with Crippen LogP contribution in [0, 0.1) is 0 Å². The second kappa shape index (κ2) is 4.20. The number of nitrogens with zero attached hydrogens (tertiary/aromatic N) is 3. The number of fused-ring (bicyclic) bond motifs is 1. The van der Waals surface area contributed by atoms with Crippen LogP contribution in [0.2, 0.25) is 5.02 Å². The monoisotopic (exact) mass is 275 g/mol. The van der Waals surface area contributed by atoms with Gasteiger partial charge in [-0.1, -0.05) is 17.7 Å². The third kappa shape index (κ3) is 1.74. The fourth-order valence-electron chi connectivity index (χ4n) is 2.16. The average molecular weight is 276 g/mol. The molecule has 0 saturated carbocycles. The van der Waals surface area contributed by atoms with Crippen molar-refractivity contribution in [1.29, 1.82) is 0 Å². The molecule has 0 bridgehead atoms. The molecule has 0 fully saturated rings. The Labute approximate surface area is 114 Å². The third-order valence-corrected chi connectivity index (χ3v) is 3.48. The number of amides is 1. The highest BCUT2D eigenvalue weighted by Gasteiger charge is 2.37. The fraction of sp³-hybridized carbons (Fsp3) is 0.154. The normalized spacial score (nSPS) is 14.1. The van der Waals surface area contributed by atoms with Gasteiger partial charge in [-0.25, -0.2) is 4.98 Å². The molecule has 96 valence electrons. The van der Waals surface area contributed by atoms with E-state index in [0.29, 0.717) is 16.3 Å². The van der Waals surface area contributed by atoms with Gasteiger partial charge < -0.3 is 4.57 Å². The molecule has 0 unspecified atom stereocenters. The van der Waals surface area contributed by atoms with Crippen molar-refractivity contribution in [2.75, 3.05) is 4.90 Å². The first-order chi connectivity index (χ1) is 9.09. The summed E-state index contributed by atoms with van der Waals surface area (Å²) in [6.45, 7) is 0.276. The van der Waals surface area contributed by atoms with Crippen LogP contribution in [-0.2, 0) is 18.4 Å². The van der Waals surface area contributed by atoms with E-state index in [1.807, 2.05) is 7.05 Å². The van der Waals surface area contributed by atoms with Crippen LogP contribution >= 0.6 is 11.6 Å². The number of hydrogen-bond acceptors (Lipinski definition) is 3. The topological polar surface area (TPSA) is 55.2 Å². The Hall–Kier alpha value is -2.14. The first-order valence-electron chi connectivity index (χ1n) is 5.69. The van der Waals surface area contributed by atoms with Crippen LogP contribution in [0.1, 0.15) is 16.1 Å². The molecule has 19 heavy (non-hydrogen) atoms. The van der Waals surface area contributed by atoms with Crippen molar-refractivity contribution in [3.63, 3.8) is 0 Å². The van der Waals surface area contributed by atoms with Gasteiger partial charge in [-0.15, -0.1) is 0 Å². The van der Waals surface area contributed by atoms with E-state index in [-0.39, 0.29) is 6.54 Å². The molecular formula is C13H10ClN3O2. The lowest BCUT2D eigenvalue weighted by Crippen LogP contribution is -2.30. The minimum Gasteiger partial charge on any atom is -0.336 e. The first kappa shape index (κ1) is 11.9. The van der Waals surface area contributed by atoms with E-state index in [9.17, 15) is 9.59 Å². The largest absolute Gasteiger partial charge is 0.336 e. The minimum atomic E-state index is -0.552. The van der Waals surface area contributed by atoms with E-state index in [1.165, 1.54) is 4.90 Å². The van der Waals surface area contributed by atoms with E-state index in [4.69, 9.17) is 11.6 Å². The van der Waals surface area contributed by atoms with Crippen LogP contribution in [0.4, 0.5) is 5.69 Å². The summed E-state index contributed by atoms with van der Waals surface area (Å²) in [6.07, 6.45) is 3.30. The molecule has 1 aliphatic rings. The molecule has 6 heteroatoms. The summed E-state index contributed by atoms with van der Waals surface area (Å²) in [7, 11) is 1.83. The number of rotatable bonds is 2. The fourth-order valence-corrected chi connectivity index (χ4v) is 2.44. The second-order valence-corrected chi connectivity index (χ2v) is 4.76. The second-order valence-electron chi connectivity index (χ2n) is 4.35. The van der Waals surface area contributed by atoms with Crippen molar-refractivity contribution in [2.45, 2.75) is 6.54 Å². The highest BCUT2D eigenvalue weighted by molar-refractivity contribution is 6.54. The minimum absolute atomic E-state index is 0.276. The zero-order valence-corrected chi connectivity index (χ0v) is 10.9. The average Bonchev–Trinajstić information content (AvgIpc) is 2.89. The Morgan fingerprint density at radius 2 is 2.11 bits per heavy atom. The van der Waals surface area contributed by atoms with E-state index < -0.39 is 11.7 Å². The molecule has 5 nitrogen and oxygen atoms in total. The quantitative estimate of drug-likeness (QED) is 0.786. The lowest BCUT2D eigenvalue weighted by molar-refractivity contribution is -0.114. The van der Waals surface area contributed by atoms with Gasteiger partial charge >= 0.3 is 0 Å². The molecule has 0 radical (unpaired) electrons. The number of halogens is 1. The predicted molar refractivity (Wildman–Crippen MR) is 70.2 cm³/mol. The number of imidazole rings is 1. The Kier molecular flexibility index (Phi) is 2.64. The number of ketones is 1. The number of hydrogen-bond donors (Lipinski definition) is 0. The number of para-hydroxylation sites is 1. The van der Waals surface area contributed by atoms with Crippen molar-refractivity contribution >= 4 is 29.0 Å². The Morgan fingerprint density at radius 1 is 1.32 bits per heavy atom. The summed E-state index contributed by atoms with van der Waals surface area (Å²) in [5.74, 6) is -1.07. The molecular weight excluding hydrogens is 266 g/mol. The molecule has 0 spiro atoms. The molecule has 2 aromatic rings. The Morgan fingerprint density at radius 3 is 2.79 bits per heavy atom. The van der Waals surface area contributed by atoms with Gasteiger partial charge in [-0.3, -0.25) is 14.5 Å². The van der Waals surface area contributed by atoms with Gasteiger partial charge in [0, 0.05) is 13.2 Å². The molecule has 1 amide bonds. The van der Waals surface area contributed by atoms with E-state index in [2.05, 4.69) is 4.98 Å². The summed E-state index contributed by atoms with van der Waals surface area (Å²) in [5.41, 5.74) is 1.67. The molecule has 0 N–H and O–H groups in total. The third-order valence-electron chi connectivity index (χ3n) is 3.18. The molecule has 0 saturated heterocycles. The molecule has 3 rings (SSSR count). The molecule has 1 aliphatic heterocycles. The number of Topliss-reactive ketones (excluding diaryl/α,β-unsaturated/α-hetero) is 1. The number of aromatic nitrogens is 2. The van der Waals surface area contributed by atoms with Gasteiger partial charge in [0.15, 0.2) is 0 Å². The zero-order valence-electron chi connectivity index (χ0n) is 10.1. The van der Waals surface area contributed by atoms with Gasteiger partial charge in [-0.2, -0.15) is 0 Å². The highest BCUT2D eigenvalue weighted by atomic mass is 35.5. The number of carbonyl (C=O) groups is 2. The van der Waals surface area contributed by atoms with Crippen molar-refractivity contribution in [3.8, 4) is 0 Å². The van der Waals surface area contributed by atoms with E-state index >= 15 is 0 Å². The molecule has 1 aromatic carbocycles. The summed E-state index contributed by atoms with van der Waals surface area (Å²) >= 11 is 6.11. The van der Waals surface area contributed by atoms with Crippen molar-refractivity contribution in [1.82, 2.24) is 9.55 Å². The maximum absolute atomic E-state index is 12.0. The van der Waals surface area contributed by atoms with Crippen molar-refractivity contribution < 1.29 is 9.59 Å².